The van der Waals surface area contributed by atoms with Gasteiger partial charge in [-0.1, -0.05) is 71.7 Å². The molecule has 2 aromatic rings. The van der Waals surface area contributed by atoms with Crippen LogP contribution in [0.15, 0.2) is 48.5 Å². The highest BCUT2D eigenvalue weighted by Crippen LogP contribution is 2.41. The Kier molecular flexibility index (Phi) is 3.69. The Hall–Kier alpha value is -1.71. The maximum absolute atomic E-state index is 11.1. The minimum absolute atomic E-state index is 0.171. The van der Waals surface area contributed by atoms with Gasteiger partial charge in [0.05, 0.1) is 0 Å². The fourth-order valence-corrected chi connectivity index (χ4v) is 2.15. The van der Waals surface area contributed by atoms with Crippen LogP contribution in [0, 0.1) is 0 Å². The summed E-state index contributed by atoms with van der Waals surface area (Å²) < 4.78 is -2.06. The average Bonchev–Trinajstić information content (AvgIpc) is 2.39. The zero-order valence-corrected chi connectivity index (χ0v) is 11.3. The fraction of sp³-hybridized carbons (Fsp3) is 0.0714. The van der Waals surface area contributed by atoms with E-state index in [0.29, 0.717) is 5.56 Å². The van der Waals surface area contributed by atoms with Crippen LogP contribution in [0.3, 0.4) is 0 Å². The van der Waals surface area contributed by atoms with Crippen molar-refractivity contribution in [2.75, 3.05) is 5.73 Å². The first-order chi connectivity index (χ1) is 8.94. The van der Waals surface area contributed by atoms with E-state index in [1.54, 1.807) is 12.1 Å². The van der Waals surface area contributed by atoms with Gasteiger partial charge in [-0.05, 0) is 5.56 Å². The number of carboxylic acid groups (broad SMARTS) is 1. The van der Waals surface area contributed by atoms with Crippen molar-refractivity contribution in [2.45, 2.75) is 4.33 Å². The molecule has 5 heteroatoms. The number of benzene rings is 2. The maximum Gasteiger partial charge on any atom is 0.345 e. The van der Waals surface area contributed by atoms with Gasteiger partial charge in [-0.15, -0.1) is 0 Å². The highest BCUT2D eigenvalue weighted by atomic mass is 35.5. The average molecular weight is 296 g/mol. The smallest absolute Gasteiger partial charge is 0.345 e. The molecule has 0 bridgehead atoms. The predicted octanol–water partition coefficient (Wildman–Crippen LogP) is 3.65. The van der Waals surface area contributed by atoms with Crippen LogP contribution in [-0.4, -0.2) is 11.1 Å². The normalized spacial score (nSPS) is 11.3. The Morgan fingerprint density at radius 2 is 1.68 bits per heavy atom. The largest absolute Gasteiger partial charge is 0.479 e. The number of anilines is 1. The molecule has 0 aliphatic carbocycles. The lowest BCUT2D eigenvalue weighted by Gasteiger charge is -2.19. The molecule has 0 atom stereocenters. The van der Waals surface area contributed by atoms with Crippen LogP contribution in [0.5, 0.6) is 0 Å². The zero-order valence-electron chi connectivity index (χ0n) is 9.81. The zero-order chi connectivity index (χ0) is 14.0. The maximum atomic E-state index is 11.1. The lowest BCUT2D eigenvalue weighted by atomic mass is 9.98. The molecule has 3 nitrogen and oxygen atoms in total. The van der Waals surface area contributed by atoms with E-state index in [-0.39, 0.29) is 11.3 Å². The van der Waals surface area contributed by atoms with Crippen molar-refractivity contribution in [3.63, 3.8) is 0 Å². The second-order valence-corrected chi connectivity index (χ2v) is 5.34. The van der Waals surface area contributed by atoms with Crippen LogP contribution >= 0.6 is 23.2 Å². The van der Waals surface area contributed by atoms with Gasteiger partial charge in [-0.2, -0.15) is 0 Å². The number of aliphatic carboxylic acids is 1. The minimum atomic E-state index is -2.06. The molecule has 0 fully saturated rings. The van der Waals surface area contributed by atoms with Gasteiger partial charge >= 0.3 is 5.97 Å². The molecule has 0 saturated heterocycles. The van der Waals surface area contributed by atoms with Crippen LogP contribution < -0.4 is 5.73 Å². The SMILES string of the molecule is Nc1c(-c2ccccc2)cccc1C(Cl)(Cl)C(=O)O. The molecule has 0 heterocycles. The van der Waals surface area contributed by atoms with Gasteiger partial charge in [-0.25, -0.2) is 4.79 Å². The van der Waals surface area contributed by atoms with E-state index in [2.05, 4.69) is 0 Å². The number of halogens is 2. The second-order valence-electron chi connectivity index (χ2n) is 4.01. The molecule has 0 spiro atoms. The summed E-state index contributed by atoms with van der Waals surface area (Å²) in [6, 6.07) is 14.3. The van der Waals surface area contributed by atoms with E-state index in [0.717, 1.165) is 5.56 Å². The van der Waals surface area contributed by atoms with Crippen LogP contribution in [0.4, 0.5) is 5.69 Å². The van der Waals surface area contributed by atoms with Gasteiger partial charge < -0.3 is 10.8 Å². The van der Waals surface area contributed by atoms with Crippen molar-refractivity contribution in [3.8, 4) is 11.1 Å². The third-order valence-corrected chi connectivity index (χ3v) is 3.53. The number of nitrogen functional groups attached to an aromatic ring is 1. The van der Waals surface area contributed by atoms with Crippen molar-refractivity contribution in [1.82, 2.24) is 0 Å². The summed E-state index contributed by atoms with van der Waals surface area (Å²) in [5, 5.41) is 9.06. The molecule has 2 aromatic carbocycles. The molecule has 0 saturated carbocycles. The summed E-state index contributed by atoms with van der Waals surface area (Å²) in [6.07, 6.45) is 0. The molecule has 0 aliphatic rings. The van der Waals surface area contributed by atoms with Crippen molar-refractivity contribution in [1.29, 1.82) is 0 Å². The molecule has 2 rings (SSSR count). The molecule has 0 amide bonds. The summed E-state index contributed by atoms with van der Waals surface area (Å²) in [4.78, 5) is 11.1. The second kappa shape index (κ2) is 5.11. The van der Waals surface area contributed by atoms with Gasteiger partial charge in [0, 0.05) is 16.8 Å². The Morgan fingerprint density at radius 3 is 2.26 bits per heavy atom. The number of carbonyl (C=O) groups is 1. The Balaban J connectivity index is 2.60. The first-order valence-corrected chi connectivity index (χ1v) is 6.26. The summed E-state index contributed by atoms with van der Waals surface area (Å²) in [7, 11) is 0. The van der Waals surface area contributed by atoms with E-state index in [4.69, 9.17) is 34.0 Å². The highest BCUT2D eigenvalue weighted by Gasteiger charge is 2.38. The fourth-order valence-electron chi connectivity index (χ4n) is 1.82. The van der Waals surface area contributed by atoms with E-state index in [9.17, 15) is 4.79 Å². The number of rotatable bonds is 3. The lowest BCUT2D eigenvalue weighted by Crippen LogP contribution is -2.24. The number of nitrogens with two attached hydrogens (primary N) is 1. The van der Waals surface area contributed by atoms with Crippen LogP contribution in [-0.2, 0) is 9.13 Å². The number of para-hydroxylation sites is 1. The molecule has 19 heavy (non-hydrogen) atoms. The number of hydrogen-bond acceptors (Lipinski definition) is 2. The third-order valence-electron chi connectivity index (χ3n) is 2.80. The molecule has 98 valence electrons. The minimum Gasteiger partial charge on any atom is -0.479 e. The first-order valence-electron chi connectivity index (χ1n) is 5.50. The van der Waals surface area contributed by atoms with Crippen molar-refractivity contribution in [2.24, 2.45) is 0 Å². The molecular weight excluding hydrogens is 285 g/mol. The van der Waals surface area contributed by atoms with Gasteiger partial charge in [0.15, 0.2) is 0 Å². The molecule has 0 unspecified atom stereocenters. The van der Waals surface area contributed by atoms with E-state index >= 15 is 0 Å². The summed E-state index contributed by atoms with van der Waals surface area (Å²) in [6.45, 7) is 0. The monoisotopic (exact) mass is 295 g/mol. The van der Waals surface area contributed by atoms with Crippen LogP contribution in [0.25, 0.3) is 11.1 Å². The summed E-state index contributed by atoms with van der Waals surface area (Å²) in [5.74, 6) is -1.35. The van der Waals surface area contributed by atoms with Gasteiger partial charge in [0.1, 0.15) is 0 Å². The molecule has 0 aliphatic heterocycles. The lowest BCUT2D eigenvalue weighted by molar-refractivity contribution is -0.138. The van der Waals surface area contributed by atoms with E-state index in [1.165, 1.54) is 6.07 Å². The number of alkyl halides is 2. The quantitative estimate of drug-likeness (QED) is 0.671. The topological polar surface area (TPSA) is 63.3 Å². The van der Waals surface area contributed by atoms with E-state index in [1.807, 2.05) is 30.3 Å². The van der Waals surface area contributed by atoms with Gasteiger partial charge in [0.2, 0.25) is 4.33 Å². The third kappa shape index (κ3) is 2.53. The Labute approximate surface area is 120 Å². The van der Waals surface area contributed by atoms with Crippen LogP contribution in [0.2, 0.25) is 0 Å². The standard InChI is InChI=1S/C14H11Cl2NO2/c15-14(16,13(18)19)11-8-4-7-10(12(11)17)9-5-2-1-3-6-9/h1-8H,17H2,(H,18,19). The first kappa shape index (κ1) is 13.7. The Bertz CT molecular complexity index is 612. The van der Waals surface area contributed by atoms with Gasteiger partial charge in [-0.3, -0.25) is 0 Å². The summed E-state index contributed by atoms with van der Waals surface area (Å²) >= 11 is 11.7. The molecule has 0 radical (unpaired) electrons. The van der Waals surface area contributed by atoms with E-state index < -0.39 is 10.3 Å². The number of hydrogen-bond donors (Lipinski definition) is 2. The highest BCUT2D eigenvalue weighted by molar-refractivity contribution is 6.57. The Morgan fingerprint density at radius 1 is 1.05 bits per heavy atom. The van der Waals surface area contributed by atoms with Crippen molar-refractivity contribution >= 4 is 34.9 Å². The van der Waals surface area contributed by atoms with Crippen LogP contribution in [0.1, 0.15) is 5.56 Å². The summed E-state index contributed by atoms with van der Waals surface area (Å²) in [5.41, 5.74) is 8.01. The number of carboxylic acids is 1. The predicted molar refractivity (Wildman–Crippen MR) is 77.3 cm³/mol. The molecule has 0 aromatic heterocycles. The van der Waals surface area contributed by atoms with Crippen molar-refractivity contribution in [3.05, 3.63) is 54.1 Å². The molecule has 3 N–H and O–H groups in total. The van der Waals surface area contributed by atoms with Crippen molar-refractivity contribution < 1.29 is 9.90 Å². The van der Waals surface area contributed by atoms with Gasteiger partial charge in [0.25, 0.3) is 0 Å². The molecular formula is C14H11Cl2NO2.